The van der Waals surface area contributed by atoms with Crippen molar-refractivity contribution >= 4 is 17.3 Å². The van der Waals surface area contributed by atoms with E-state index in [1.165, 1.54) is 51.0 Å². The van der Waals surface area contributed by atoms with E-state index in [4.69, 9.17) is 11.6 Å². The zero-order chi connectivity index (χ0) is 14.4. The first-order valence-electron chi connectivity index (χ1n) is 7.33. The molecule has 0 unspecified atom stereocenters. The summed E-state index contributed by atoms with van der Waals surface area (Å²) in [5, 5.41) is 14.9. The van der Waals surface area contributed by atoms with Crippen molar-refractivity contribution in [2.45, 2.75) is 57.5 Å². The van der Waals surface area contributed by atoms with Crippen LogP contribution in [0.1, 0.15) is 50.5 Å². The first-order chi connectivity index (χ1) is 9.66. The third-order valence-corrected chi connectivity index (χ3v) is 4.17. The topological polar surface area (TPSA) is 55.2 Å². The van der Waals surface area contributed by atoms with Gasteiger partial charge in [0.15, 0.2) is 0 Å². The van der Waals surface area contributed by atoms with Crippen molar-refractivity contribution in [2.75, 3.05) is 0 Å². The van der Waals surface area contributed by atoms with Gasteiger partial charge >= 0.3 is 0 Å². The summed E-state index contributed by atoms with van der Waals surface area (Å²) in [6.45, 7) is 0.540. The second-order valence-electron chi connectivity index (χ2n) is 5.45. The average molecular weight is 297 g/mol. The van der Waals surface area contributed by atoms with Crippen molar-refractivity contribution in [3.63, 3.8) is 0 Å². The van der Waals surface area contributed by atoms with Gasteiger partial charge in [0.2, 0.25) is 0 Å². The average Bonchev–Trinajstić information content (AvgIpc) is 2.38. The Morgan fingerprint density at radius 2 is 1.85 bits per heavy atom. The van der Waals surface area contributed by atoms with Gasteiger partial charge in [0.25, 0.3) is 5.69 Å². The molecule has 0 saturated heterocycles. The lowest BCUT2D eigenvalue weighted by atomic mass is 9.96. The summed E-state index contributed by atoms with van der Waals surface area (Å²) in [4.78, 5) is 10.7. The third-order valence-electron chi connectivity index (χ3n) is 3.93. The highest BCUT2D eigenvalue weighted by molar-refractivity contribution is 6.30. The van der Waals surface area contributed by atoms with Crippen molar-refractivity contribution in [1.29, 1.82) is 0 Å². The zero-order valence-corrected chi connectivity index (χ0v) is 12.4. The number of nitrogens with one attached hydrogen (secondary N) is 1. The minimum atomic E-state index is -0.360. The van der Waals surface area contributed by atoms with E-state index in [1.54, 1.807) is 12.1 Å². The van der Waals surface area contributed by atoms with Crippen LogP contribution in [0.3, 0.4) is 0 Å². The van der Waals surface area contributed by atoms with Crippen molar-refractivity contribution < 1.29 is 4.92 Å². The monoisotopic (exact) mass is 296 g/mol. The molecule has 1 aromatic carbocycles. The highest BCUT2D eigenvalue weighted by atomic mass is 35.5. The summed E-state index contributed by atoms with van der Waals surface area (Å²) >= 11 is 5.82. The number of nitro benzene ring substituents is 1. The predicted octanol–water partition coefficient (Wildman–Crippen LogP) is 4.45. The molecule has 0 spiro atoms. The maximum Gasteiger partial charge on any atom is 0.275 e. The second-order valence-corrected chi connectivity index (χ2v) is 5.89. The van der Waals surface area contributed by atoms with Crippen molar-refractivity contribution in [1.82, 2.24) is 5.32 Å². The molecule has 1 aliphatic carbocycles. The summed E-state index contributed by atoms with van der Waals surface area (Å²) in [5.74, 6) is 0. The molecule has 0 amide bonds. The van der Waals surface area contributed by atoms with Crippen LogP contribution in [-0.4, -0.2) is 11.0 Å². The van der Waals surface area contributed by atoms with Crippen LogP contribution in [0.5, 0.6) is 0 Å². The fourth-order valence-electron chi connectivity index (χ4n) is 2.77. The van der Waals surface area contributed by atoms with Crippen LogP contribution >= 0.6 is 11.6 Å². The van der Waals surface area contributed by atoms with Crippen LogP contribution in [0.2, 0.25) is 5.02 Å². The van der Waals surface area contributed by atoms with Gasteiger partial charge in [0.05, 0.1) is 4.92 Å². The first-order valence-corrected chi connectivity index (χ1v) is 7.71. The highest BCUT2D eigenvalue weighted by Crippen LogP contribution is 2.24. The van der Waals surface area contributed by atoms with E-state index < -0.39 is 0 Å². The second kappa shape index (κ2) is 7.60. The standard InChI is InChI=1S/C15H21ClN2O2/c16-13-9-8-12(15(10-13)18(19)20)11-17-14-6-4-2-1-3-5-7-14/h8-10,14,17H,1-7,11H2. The van der Waals surface area contributed by atoms with Crippen molar-refractivity contribution in [3.8, 4) is 0 Å². The predicted molar refractivity (Wildman–Crippen MR) is 81.1 cm³/mol. The molecule has 5 heteroatoms. The van der Waals surface area contributed by atoms with Gasteiger partial charge in [-0.3, -0.25) is 10.1 Å². The van der Waals surface area contributed by atoms with Crippen molar-refractivity contribution in [3.05, 3.63) is 38.9 Å². The zero-order valence-electron chi connectivity index (χ0n) is 11.6. The summed E-state index contributed by atoms with van der Waals surface area (Å²) in [6.07, 6.45) is 8.79. The first kappa shape index (κ1) is 15.3. The van der Waals surface area contributed by atoms with E-state index in [9.17, 15) is 10.1 Å². The van der Waals surface area contributed by atoms with Gasteiger partial charge in [-0.2, -0.15) is 0 Å². The lowest BCUT2D eigenvalue weighted by Gasteiger charge is -2.21. The maximum atomic E-state index is 11.0. The molecule has 0 aromatic heterocycles. The molecule has 0 bridgehead atoms. The number of rotatable bonds is 4. The Morgan fingerprint density at radius 1 is 1.20 bits per heavy atom. The van der Waals surface area contributed by atoms with Crippen LogP contribution in [0.4, 0.5) is 5.69 Å². The van der Waals surface area contributed by atoms with E-state index in [1.807, 2.05) is 0 Å². The molecule has 1 aliphatic rings. The van der Waals surface area contributed by atoms with Gasteiger partial charge in [-0.25, -0.2) is 0 Å². The van der Waals surface area contributed by atoms with Gasteiger partial charge in [-0.15, -0.1) is 0 Å². The molecule has 0 aliphatic heterocycles. The van der Waals surface area contributed by atoms with Crippen LogP contribution < -0.4 is 5.32 Å². The van der Waals surface area contributed by atoms with E-state index >= 15 is 0 Å². The normalized spacial score (nSPS) is 17.4. The highest BCUT2D eigenvalue weighted by Gasteiger charge is 2.16. The molecule has 0 radical (unpaired) electrons. The fraction of sp³-hybridized carbons (Fsp3) is 0.600. The Hall–Kier alpha value is -1.13. The van der Waals surface area contributed by atoms with Gasteiger partial charge in [-0.1, -0.05) is 43.7 Å². The molecule has 1 aromatic rings. The molecule has 0 atom stereocenters. The Labute approximate surface area is 124 Å². The third kappa shape index (κ3) is 4.46. The largest absolute Gasteiger partial charge is 0.310 e. The Morgan fingerprint density at radius 3 is 2.50 bits per heavy atom. The van der Waals surface area contributed by atoms with E-state index in [0.717, 1.165) is 0 Å². The summed E-state index contributed by atoms with van der Waals surface area (Å²) in [5.41, 5.74) is 0.817. The van der Waals surface area contributed by atoms with E-state index in [2.05, 4.69) is 5.32 Å². The number of hydrogen-bond acceptors (Lipinski definition) is 3. The summed E-state index contributed by atoms with van der Waals surface area (Å²) < 4.78 is 0. The van der Waals surface area contributed by atoms with E-state index in [-0.39, 0.29) is 10.6 Å². The van der Waals surface area contributed by atoms with Crippen LogP contribution in [0.15, 0.2) is 18.2 Å². The number of benzene rings is 1. The van der Waals surface area contributed by atoms with Gasteiger partial charge in [0.1, 0.15) is 0 Å². The molecule has 20 heavy (non-hydrogen) atoms. The number of hydrogen-bond donors (Lipinski definition) is 1. The molecule has 1 fully saturated rings. The molecular formula is C15H21ClN2O2. The molecule has 1 N–H and O–H groups in total. The molecule has 2 rings (SSSR count). The van der Waals surface area contributed by atoms with Gasteiger partial charge in [0, 0.05) is 29.2 Å². The Balaban J connectivity index is 1.97. The number of halogens is 1. The number of nitrogens with zero attached hydrogens (tertiary/aromatic N) is 1. The molecule has 0 heterocycles. The van der Waals surface area contributed by atoms with Crippen LogP contribution in [0, 0.1) is 10.1 Å². The minimum Gasteiger partial charge on any atom is -0.310 e. The lowest BCUT2D eigenvalue weighted by Crippen LogP contribution is -2.29. The minimum absolute atomic E-state index is 0.107. The van der Waals surface area contributed by atoms with Gasteiger partial charge < -0.3 is 5.32 Å². The Kier molecular flexibility index (Phi) is 5.80. The Bertz CT molecular complexity index is 457. The molecule has 1 saturated carbocycles. The maximum absolute atomic E-state index is 11.0. The van der Waals surface area contributed by atoms with E-state index in [0.29, 0.717) is 23.2 Å². The quantitative estimate of drug-likeness (QED) is 0.659. The van der Waals surface area contributed by atoms with Crippen LogP contribution in [-0.2, 0) is 6.54 Å². The molecular weight excluding hydrogens is 276 g/mol. The SMILES string of the molecule is O=[N+]([O-])c1cc(Cl)ccc1CNC1CCCCCCC1. The smallest absolute Gasteiger partial charge is 0.275 e. The summed E-state index contributed by atoms with van der Waals surface area (Å²) in [6, 6.07) is 5.36. The molecule has 110 valence electrons. The fourth-order valence-corrected chi connectivity index (χ4v) is 2.94. The van der Waals surface area contributed by atoms with Crippen LogP contribution in [0.25, 0.3) is 0 Å². The summed E-state index contributed by atoms with van der Waals surface area (Å²) in [7, 11) is 0. The van der Waals surface area contributed by atoms with Crippen molar-refractivity contribution in [2.24, 2.45) is 0 Å². The molecule has 4 nitrogen and oxygen atoms in total. The number of nitro groups is 1. The lowest BCUT2D eigenvalue weighted by molar-refractivity contribution is -0.385. The van der Waals surface area contributed by atoms with Gasteiger partial charge in [-0.05, 0) is 25.0 Å².